The second kappa shape index (κ2) is 8.87. The lowest BCUT2D eigenvalue weighted by Gasteiger charge is -2.42. The monoisotopic (exact) mass is 488 g/mol. The summed E-state index contributed by atoms with van der Waals surface area (Å²) in [4.78, 5) is 28.4. The van der Waals surface area contributed by atoms with E-state index in [2.05, 4.69) is 51.0 Å². The molecule has 2 heterocycles. The SMILES string of the molecule is Cc1cn([C@@H]2O[C@]3(CCC[C@H]3O[Si](C)(C)C(C)(C)C)C[C@H]2Sc2ccccc2)c(=O)[nH]c1=O. The summed E-state index contributed by atoms with van der Waals surface area (Å²) < 4.78 is 15.3. The number of H-pyrrole nitrogens is 1. The van der Waals surface area contributed by atoms with E-state index in [9.17, 15) is 9.59 Å². The molecule has 1 aromatic carbocycles. The Balaban J connectivity index is 1.70. The summed E-state index contributed by atoms with van der Waals surface area (Å²) in [7, 11) is -1.99. The van der Waals surface area contributed by atoms with Crippen molar-refractivity contribution in [3.8, 4) is 0 Å². The average Bonchev–Trinajstić information content (AvgIpc) is 3.28. The van der Waals surface area contributed by atoms with Crippen LogP contribution in [0.4, 0.5) is 0 Å². The van der Waals surface area contributed by atoms with Crippen LogP contribution in [0.25, 0.3) is 0 Å². The second-order valence-electron chi connectivity index (χ2n) is 11.0. The van der Waals surface area contributed by atoms with Crippen molar-refractivity contribution < 1.29 is 9.16 Å². The highest BCUT2D eigenvalue weighted by Gasteiger charge is 2.57. The number of rotatable bonds is 5. The Morgan fingerprint density at radius 2 is 1.91 bits per heavy atom. The highest BCUT2D eigenvalue weighted by atomic mass is 32.2. The lowest BCUT2D eigenvalue weighted by Crippen LogP contribution is -2.50. The molecular weight excluding hydrogens is 452 g/mol. The number of hydrogen-bond donors (Lipinski definition) is 1. The third-order valence-electron chi connectivity index (χ3n) is 7.57. The van der Waals surface area contributed by atoms with E-state index in [-0.39, 0.29) is 22.0 Å². The molecule has 1 aliphatic heterocycles. The number of aromatic nitrogens is 2. The van der Waals surface area contributed by atoms with Gasteiger partial charge in [-0.1, -0.05) is 39.0 Å². The third-order valence-corrected chi connectivity index (χ3v) is 13.3. The Kier molecular flexibility index (Phi) is 6.59. The van der Waals surface area contributed by atoms with Crippen LogP contribution in [0.1, 0.15) is 58.2 Å². The molecule has 33 heavy (non-hydrogen) atoms. The van der Waals surface area contributed by atoms with Gasteiger partial charge in [0.25, 0.3) is 5.56 Å². The van der Waals surface area contributed by atoms with Gasteiger partial charge in [-0.2, -0.15) is 0 Å². The molecule has 8 heteroatoms. The number of hydrogen-bond acceptors (Lipinski definition) is 5. The van der Waals surface area contributed by atoms with Crippen LogP contribution in [0.15, 0.2) is 51.0 Å². The highest BCUT2D eigenvalue weighted by molar-refractivity contribution is 8.00. The molecule has 0 radical (unpaired) electrons. The standard InChI is InChI=1S/C25H36N2O4SSi/c1-17-16-27(23(29)26-21(17)28)22-19(32-18-11-8-7-9-12-18)15-25(30-22)14-10-13-20(25)31-33(5,6)24(2,3)4/h7-9,11-12,16,19-20,22H,10,13-15H2,1-6H3,(H,26,28,29)/t19-,20-,22-,25-/m1/s1. The molecule has 1 saturated carbocycles. The van der Waals surface area contributed by atoms with Gasteiger partial charge in [-0.25, -0.2) is 4.79 Å². The number of thioether (sulfide) groups is 1. The van der Waals surface area contributed by atoms with Gasteiger partial charge >= 0.3 is 5.69 Å². The number of aromatic amines is 1. The van der Waals surface area contributed by atoms with Crippen molar-refractivity contribution >= 4 is 20.1 Å². The first-order chi connectivity index (χ1) is 15.4. The Bertz CT molecular complexity index is 1110. The van der Waals surface area contributed by atoms with Crippen molar-refractivity contribution in [2.45, 2.75) is 99.6 Å². The van der Waals surface area contributed by atoms with E-state index in [1.54, 1.807) is 29.4 Å². The van der Waals surface area contributed by atoms with Gasteiger partial charge in [-0.3, -0.25) is 14.3 Å². The maximum Gasteiger partial charge on any atom is 0.330 e. The largest absolute Gasteiger partial charge is 0.411 e. The van der Waals surface area contributed by atoms with Crippen LogP contribution in [0.5, 0.6) is 0 Å². The first-order valence-corrected chi connectivity index (χ1v) is 15.6. The molecule has 0 unspecified atom stereocenters. The van der Waals surface area contributed by atoms with Crippen LogP contribution in [-0.2, 0) is 9.16 Å². The molecule has 1 aromatic heterocycles. The van der Waals surface area contributed by atoms with Gasteiger partial charge in [0.1, 0.15) is 0 Å². The van der Waals surface area contributed by atoms with Crippen LogP contribution in [0, 0.1) is 6.92 Å². The van der Waals surface area contributed by atoms with E-state index in [1.807, 2.05) is 18.2 Å². The summed E-state index contributed by atoms with van der Waals surface area (Å²) in [5, 5.41) is 0.138. The molecule has 2 fully saturated rings. The minimum atomic E-state index is -1.99. The van der Waals surface area contributed by atoms with E-state index in [0.717, 1.165) is 30.6 Å². The molecule has 4 rings (SSSR count). The van der Waals surface area contributed by atoms with Gasteiger partial charge in [0.2, 0.25) is 0 Å². The summed E-state index contributed by atoms with van der Waals surface area (Å²) in [5.41, 5.74) is -0.693. The zero-order chi connectivity index (χ0) is 24.0. The van der Waals surface area contributed by atoms with Gasteiger partial charge in [0.15, 0.2) is 14.5 Å². The van der Waals surface area contributed by atoms with Crippen molar-refractivity contribution in [3.63, 3.8) is 0 Å². The Labute approximate surface area is 201 Å². The number of nitrogens with one attached hydrogen (secondary N) is 1. The molecule has 6 nitrogen and oxygen atoms in total. The molecule has 2 aromatic rings. The van der Waals surface area contributed by atoms with Crippen LogP contribution < -0.4 is 11.2 Å². The summed E-state index contributed by atoms with van der Waals surface area (Å²) >= 11 is 1.74. The van der Waals surface area contributed by atoms with Gasteiger partial charge in [0.05, 0.1) is 17.0 Å². The molecular formula is C25H36N2O4SSi. The summed E-state index contributed by atoms with van der Waals surface area (Å²) in [6.45, 7) is 13.1. The second-order valence-corrected chi connectivity index (χ2v) is 17.1. The summed E-state index contributed by atoms with van der Waals surface area (Å²) in [5.74, 6) is 0. The van der Waals surface area contributed by atoms with Crippen molar-refractivity contribution in [1.82, 2.24) is 9.55 Å². The van der Waals surface area contributed by atoms with Gasteiger partial charge < -0.3 is 9.16 Å². The number of aryl methyl sites for hydroxylation is 1. The Hall–Kier alpha value is -1.61. The molecule has 0 bridgehead atoms. The van der Waals surface area contributed by atoms with Crippen LogP contribution >= 0.6 is 11.8 Å². The fourth-order valence-electron chi connectivity index (χ4n) is 4.67. The van der Waals surface area contributed by atoms with Gasteiger partial charge in [-0.15, -0.1) is 11.8 Å². The van der Waals surface area contributed by atoms with Crippen molar-refractivity contribution in [2.24, 2.45) is 0 Å². The maximum atomic E-state index is 12.8. The van der Waals surface area contributed by atoms with Gasteiger partial charge in [-0.05, 0) is 62.9 Å². The van der Waals surface area contributed by atoms with Crippen LogP contribution in [0.2, 0.25) is 18.1 Å². The molecule has 1 aliphatic carbocycles. The summed E-state index contributed by atoms with van der Waals surface area (Å²) in [6.07, 6.45) is 4.94. The fourth-order valence-corrected chi connectivity index (χ4v) is 7.40. The minimum absolute atomic E-state index is 0.0156. The average molecular weight is 489 g/mol. The molecule has 1 N–H and O–H groups in total. The molecule has 4 atom stereocenters. The zero-order valence-corrected chi connectivity index (χ0v) is 22.3. The first-order valence-electron chi connectivity index (χ1n) is 11.8. The molecule has 1 spiro atoms. The number of ether oxygens (including phenoxy) is 1. The van der Waals surface area contributed by atoms with E-state index >= 15 is 0 Å². The maximum absolute atomic E-state index is 12.8. The smallest absolute Gasteiger partial charge is 0.330 e. The molecule has 2 aliphatic rings. The van der Waals surface area contributed by atoms with E-state index in [1.165, 1.54) is 0 Å². The summed E-state index contributed by atoms with van der Waals surface area (Å²) in [6, 6.07) is 10.2. The number of nitrogens with zero attached hydrogens (tertiary/aromatic N) is 1. The Morgan fingerprint density at radius 1 is 1.21 bits per heavy atom. The molecule has 180 valence electrons. The molecule has 1 saturated heterocycles. The van der Waals surface area contributed by atoms with Crippen molar-refractivity contribution in [2.75, 3.05) is 0 Å². The quantitative estimate of drug-likeness (QED) is 0.583. The third kappa shape index (κ3) is 4.80. The zero-order valence-electron chi connectivity index (χ0n) is 20.5. The lowest BCUT2D eigenvalue weighted by molar-refractivity contribution is -0.116. The van der Waals surface area contributed by atoms with Crippen LogP contribution in [-0.4, -0.2) is 34.8 Å². The lowest BCUT2D eigenvalue weighted by atomic mass is 9.96. The fraction of sp³-hybridized carbons (Fsp3) is 0.600. The highest BCUT2D eigenvalue weighted by Crippen LogP contribution is 2.54. The molecule has 0 amide bonds. The topological polar surface area (TPSA) is 73.3 Å². The Morgan fingerprint density at radius 3 is 2.58 bits per heavy atom. The minimum Gasteiger partial charge on any atom is -0.411 e. The van der Waals surface area contributed by atoms with Crippen molar-refractivity contribution in [1.29, 1.82) is 0 Å². The number of benzene rings is 1. The normalized spacial score (nSPS) is 28.0. The van der Waals surface area contributed by atoms with Crippen LogP contribution in [0.3, 0.4) is 0 Å². The predicted molar refractivity (Wildman–Crippen MR) is 136 cm³/mol. The van der Waals surface area contributed by atoms with Gasteiger partial charge in [0, 0.05) is 16.7 Å². The van der Waals surface area contributed by atoms with Crippen molar-refractivity contribution in [3.05, 3.63) is 62.9 Å². The predicted octanol–water partition coefficient (Wildman–Crippen LogP) is 5.24. The van der Waals surface area contributed by atoms with E-state index < -0.39 is 25.8 Å². The van der Waals surface area contributed by atoms with E-state index in [0.29, 0.717) is 5.56 Å². The van der Waals surface area contributed by atoms with E-state index in [4.69, 9.17) is 9.16 Å². The first kappa shape index (κ1) is 24.5.